The predicted octanol–water partition coefficient (Wildman–Crippen LogP) is 7.22. The van der Waals surface area contributed by atoms with Gasteiger partial charge >= 0.3 is 0 Å². The first-order chi connectivity index (χ1) is 12.1. The molecular weight excluding hydrogens is 443 g/mol. The van der Waals surface area contributed by atoms with Gasteiger partial charge in [-0.05, 0) is 35.9 Å². The zero-order chi connectivity index (χ0) is 17.4. The highest BCUT2D eigenvalue weighted by atomic mass is 79.9. The summed E-state index contributed by atoms with van der Waals surface area (Å²) in [6.07, 6.45) is 1.49. The van der Waals surface area contributed by atoms with Crippen LogP contribution in [0.2, 0.25) is 10.0 Å². The highest BCUT2D eigenvalue weighted by molar-refractivity contribution is 9.10. The Hall–Kier alpha value is -1.66. The Balaban J connectivity index is 1.84. The standard InChI is InChI=1S/C18H9BrCl2N2OS/c19-11-3-1-10(2-4-11)13-8-25-18-16(13)17(22-9-23-18)24-15-6-5-12(20)7-14(15)21/h1-9H. The molecule has 7 heteroatoms. The summed E-state index contributed by atoms with van der Waals surface area (Å²) < 4.78 is 7.00. The van der Waals surface area contributed by atoms with Crippen molar-refractivity contribution in [3.8, 4) is 22.8 Å². The molecule has 0 aliphatic heterocycles. The lowest BCUT2D eigenvalue weighted by molar-refractivity contribution is 0.468. The van der Waals surface area contributed by atoms with E-state index in [-0.39, 0.29) is 0 Å². The van der Waals surface area contributed by atoms with E-state index in [0.717, 1.165) is 25.8 Å². The number of halogens is 3. The Morgan fingerprint density at radius 2 is 1.80 bits per heavy atom. The summed E-state index contributed by atoms with van der Waals surface area (Å²) in [5, 5.41) is 3.90. The number of thiophene rings is 1. The zero-order valence-corrected chi connectivity index (χ0v) is 16.5. The van der Waals surface area contributed by atoms with Gasteiger partial charge < -0.3 is 4.74 Å². The van der Waals surface area contributed by atoms with Crippen LogP contribution in [0.5, 0.6) is 11.6 Å². The van der Waals surface area contributed by atoms with Crippen molar-refractivity contribution in [2.24, 2.45) is 0 Å². The summed E-state index contributed by atoms with van der Waals surface area (Å²) in [5.74, 6) is 0.965. The predicted molar refractivity (Wildman–Crippen MR) is 107 cm³/mol. The number of hydrogen-bond donors (Lipinski definition) is 0. The van der Waals surface area contributed by atoms with E-state index >= 15 is 0 Å². The normalized spacial score (nSPS) is 11.0. The van der Waals surface area contributed by atoms with Gasteiger partial charge in [-0.15, -0.1) is 11.3 Å². The Morgan fingerprint density at radius 3 is 2.56 bits per heavy atom. The number of aromatic nitrogens is 2. The number of fused-ring (bicyclic) bond motifs is 1. The second-order valence-electron chi connectivity index (χ2n) is 5.19. The van der Waals surface area contributed by atoms with Gasteiger partial charge in [0.1, 0.15) is 16.9 Å². The van der Waals surface area contributed by atoms with E-state index < -0.39 is 0 Å². The third-order valence-corrected chi connectivity index (χ3v) is 5.54. The molecule has 0 fully saturated rings. The maximum Gasteiger partial charge on any atom is 0.231 e. The van der Waals surface area contributed by atoms with Crippen LogP contribution < -0.4 is 4.74 Å². The minimum Gasteiger partial charge on any atom is -0.437 e. The maximum atomic E-state index is 6.22. The van der Waals surface area contributed by atoms with E-state index in [1.54, 1.807) is 29.5 Å². The Labute approximate surface area is 166 Å². The largest absolute Gasteiger partial charge is 0.437 e. The summed E-state index contributed by atoms with van der Waals surface area (Å²) in [4.78, 5) is 9.52. The van der Waals surface area contributed by atoms with Gasteiger partial charge in [0.25, 0.3) is 0 Å². The quantitative estimate of drug-likeness (QED) is 0.329. The fourth-order valence-electron chi connectivity index (χ4n) is 2.43. The summed E-state index contributed by atoms with van der Waals surface area (Å²) in [5.41, 5.74) is 2.09. The van der Waals surface area contributed by atoms with Crippen molar-refractivity contribution in [2.75, 3.05) is 0 Å². The van der Waals surface area contributed by atoms with E-state index in [2.05, 4.69) is 31.3 Å². The lowest BCUT2D eigenvalue weighted by Gasteiger charge is -2.09. The molecule has 0 radical (unpaired) electrons. The van der Waals surface area contributed by atoms with E-state index in [1.807, 2.05) is 24.3 Å². The molecular formula is C18H9BrCl2N2OS. The van der Waals surface area contributed by atoms with Crippen LogP contribution in [0.15, 0.2) is 58.6 Å². The van der Waals surface area contributed by atoms with Gasteiger partial charge in [0, 0.05) is 20.4 Å². The number of benzene rings is 2. The molecule has 2 aromatic heterocycles. The Kier molecular flexibility index (Phi) is 4.65. The molecule has 0 spiro atoms. The molecule has 0 amide bonds. The van der Waals surface area contributed by atoms with Gasteiger partial charge in [-0.25, -0.2) is 9.97 Å². The second kappa shape index (κ2) is 6.92. The fourth-order valence-corrected chi connectivity index (χ4v) is 4.05. The molecule has 0 saturated heterocycles. The van der Waals surface area contributed by atoms with Gasteiger partial charge in [-0.1, -0.05) is 51.3 Å². The van der Waals surface area contributed by atoms with E-state index in [1.165, 1.54) is 6.33 Å². The molecule has 2 heterocycles. The lowest BCUT2D eigenvalue weighted by atomic mass is 10.1. The number of nitrogens with zero attached hydrogens (tertiary/aromatic N) is 2. The van der Waals surface area contributed by atoms with Crippen LogP contribution in [0, 0.1) is 0 Å². The molecule has 0 aliphatic rings. The van der Waals surface area contributed by atoms with Crippen LogP contribution in [-0.2, 0) is 0 Å². The van der Waals surface area contributed by atoms with Crippen LogP contribution in [-0.4, -0.2) is 9.97 Å². The van der Waals surface area contributed by atoms with Gasteiger partial charge in [0.2, 0.25) is 5.88 Å². The van der Waals surface area contributed by atoms with Crippen molar-refractivity contribution in [3.63, 3.8) is 0 Å². The topological polar surface area (TPSA) is 35.0 Å². The minimum absolute atomic E-state index is 0.430. The third kappa shape index (κ3) is 3.37. The molecule has 25 heavy (non-hydrogen) atoms. The highest BCUT2D eigenvalue weighted by Gasteiger charge is 2.16. The monoisotopic (exact) mass is 450 g/mol. The van der Waals surface area contributed by atoms with Crippen molar-refractivity contribution in [3.05, 3.63) is 68.7 Å². The molecule has 0 atom stereocenters. The first-order valence-corrected chi connectivity index (χ1v) is 9.66. The van der Waals surface area contributed by atoms with Crippen LogP contribution in [0.3, 0.4) is 0 Å². The molecule has 0 saturated carbocycles. The number of rotatable bonds is 3. The summed E-state index contributed by atoms with van der Waals surface area (Å²) in [7, 11) is 0. The van der Waals surface area contributed by atoms with Gasteiger partial charge in [0.05, 0.1) is 10.4 Å². The smallest absolute Gasteiger partial charge is 0.231 e. The van der Waals surface area contributed by atoms with Crippen LogP contribution in [0.25, 0.3) is 21.3 Å². The Morgan fingerprint density at radius 1 is 1.00 bits per heavy atom. The highest BCUT2D eigenvalue weighted by Crippen LogP contribution is 2.40. The van der Waals surface area contributed by atoms with Crippen LogP contribution >= 0.6 is 50.5 Å². The van der Waals surface area contributed by atoms with E-state index in [0.29, 0.717) is 21.7 Å². The van der Waals surface area contributed by atoms with Crippen molar-refractivity contribution in [1.82, 2.24) is 9.97 Å². The molecule has 0 N–H and O–H groups in total. The van der Waals surface area contributed by atoms with Crippen molar-refractivity contribution < 1.29 is 4.74 Å². The summed E-state index contributed by atoms with van der Waals surface area (Å²) in [6.45, 7) is 0. The molecule has 3 nitrogen and oxygen atoms in total. The lowest BCUT2D eigenvalue weighted by Crippen LogP contribution is -1.91. The molecule has 4 aromatic rings. The van der Waals surface area contributed by atoms with Crippen molar-refractivity contribution >= 4 is 60.7 Å². The molecule has 0 aliphatic carbocycles. The number of hydrogen-bond acceptors (Lipinski definition) is 4. The van der Waals surface area contributed by atoms with Crippen molar-refractivity contribution in [1.29, 1.82) is 0 Å². The molecule has 4 rings (SSSR count). The third-order valence-electron chi connectivity index (χ3n) is 3.59. The molecule has 0 bridgehead atoms. The number of ether oxygens (including phenoxy) is 1. The van der Waals surface area contributed by atoms with E-state index in [4.69, 9.17) is 27.9 Å². The van der Waals surface area contributed by atoms with Gasteiger partial charge in [0.15, 0.2) is 0 Å². The molecule has 124 valence electrons. The first kappa shape index (κ1) is 16.8. The minimum atomic E-state index is 0.430. The SMILES string of the molecule is Clc1ccc(Oc2ncnc3scc(-c4ccc(Br)cc4)c23)c(Cl)c1. The molecule has 0 unspecified atom stereocenters. The van der Waals surface area contributed by atoms with Gasteiger partial charge in [-0.3, -0.25) is 0 Å². The summed E-state index contributed by atoms with van der Waals surface area (Å²) in [6, 6.07) is 13.2. The average Bonchev–Trinajstić information content (AvgIpc) is 3.03. The van der Waals surface area contributed by atoms with Crippen molar-refractivity contribution in [2.45, 2.75) is 0 Å². The van der Waals surface area contributed by atoms with Crippen LogP contribution in [0.1, 0.15) is 0 Å². The summed E-state index contributed by atoms with van der Waals surface area (Å²) >= 11 is 17.2. The second-order valence-corrected chi connectivity index (χ2v) is 7.81. The molecule has 2 aromatic carbocycles. The van der Waals surface area contributed by atoms with Gasteiger partial charge in [-0.2, -0.15) is 0 Å². The first-order valence-electron chi connectivity index (χ1n) is 7.23. The average molecular weight is 452 g/mol. The fraction of sp³-hybridized carbons (Fsp3) is 0. The Bertz CT molecular complexity index is 1070. The zero-order valence-electron chi connectivity index (χ0n) is 12.5. The maximum absolute atomic E-state index is 6.22. The van der Waals surface area contributed by atoms with Crippen LogP contribution in [0.4, 0.5) is 0 Å². The van der Waals surface area contributed by atoms with E-state index in [9.17, 15) is 0 Å².